The van der Waals surface area contributed by atoms with Crippen molar-refractivity contribution in [1.29, 1.82) is 0 Å². The average Bonchev–Trinajstić information content (AvgIpc) is 3.96. The third-order valence-electron chi connectivity index (χ3n) is 14.6. The molecular formula is C66H42N6S. The van der Waals surface area contributed by atoms with E-state index >= 15 is 0 Å². The second kappa shape index (κ2) is 16.5. The Morgan fingerprint density at radius 2 is 0.534 bits per heavy atom. The summed E-state index contributed by atoms with van der Waals surface area (Å²) in [6.07, 6.45) is 0. The van der Waals surface area contributed by atoms with Gasteiger partial charge in [-0.15, -0.1) is 0 Å². The fourth-order valence-electron chi connectivity index (χ4n) is 11.4. The van der Waals surface area contributed by atoms with Crippen molar-refractivity contribution < 1.29 is 0 Å². The Balaban J connectivity index is 0.905. The highest BCUT2D eigenvalue weighted by atomic mass is 32.1. The molecule has 0 amide bonds. The van der Waals surface area contributed by atoms with Crippen LogP contribution in [0.1, 0.15) is 0 Å². The highest BCUT2D eigenvalue weighted by Gasteiger charge is 2.35. The number of nitrogens with zero attached hydrogens (tertiary/aromatic N) is 6. The first-order valence-corrected chi connectivity index (χ1v) is 25.4. The SMILES string of the molecule is c1ccc2c(c1)N(c1cccc3ccccc13)c1ccc(-c3nsc(-c4ccc5c(c4)N(c4cccc6ccccc46)c4ccccc4N5c4cccc5ccccc45)n3)cc1N2c1cccc2ccccc12. The average molecular weight is 951 g/mol. The van der Waals surface area contributed by atoms with Crippen molar-refractivity contribution in [3.8, 4) is 22.0 Å². The maximum Gasteiger partial charge on any atom is 0.173 e. The van der Waals surface area contributed by atoms with Crippen LogP contribution in [0.15, 0.2) is 255 Å². The molecule has 0 spiro atoms. The number of para-hydroxylation sites is 4. The van der Waals surface area contributed by atoms with E-state index in [0.717, 1.165) is 84.4 Å². The molecule has 3 heterocycles. The van der Waals surface area contributed by atoms with Crippen molar-refractivity contribution in [3.05, 3.63) is 255 Å². The Morgan fingerprint density at radius 3 is 0.932 bits per heavy atom. The second-order valence-electron chi connectivity index (χ2n) is 18.6. The topological polar surface area (TPSA) is 38.7 Å². The first-order valence-electron chi connectivity index (χ1n) is 24.7. The lowest BCUT2D eigenvalue weighted by atomic mass is 9.99. The van der Waals surface area contributed by atoms with E-state index in [4.69, 9.17) is 9.36 Å². The van der Waals surface area contributed by atoms with Crippen LogP contribution in [0.4, 0.5) is 68.2 Å². The number of anilines is 12. The molecule has 0 atom stereocenters. The van der Waals surface area contributed by atoms with Crippen LogP contribution in [0.2, 0.25) is 0 Å². The van der Waals surface area contributed by atoms with Crippen molar-refractivity contribution >= 4 is 123 Å². The molecule has 0 radical (unpaired) electrons. The van der Waals surface area contributed by atoms with Crippen LogP contribution >= 0.6 is 11.5 Å². The van der Waals surface area contributed by atoms with Gasteiger partial charge in [0.25, 0.3) is 0 Å². The summed E-state index contributed by atoms with van der Waals surface area (Å²) in [6, 6.07) is 92.0. The summed E-state index contributed by atoms with van der Waals surface area (Å²) < 4.78 is 5.16. The minimum Gasteiger partial charge on any atom is -0.306 e. The van der Waals surface area contributed by atoms with Crippen LogP contribution in [0.3, 0.4) is 0 Å². The molecule has 13 aromatic rings. The maximum absolute atomic E-state index is 5.41. The van der Waals surface area contributed by atoms with E-state index in [1.807, 2.05) is 0 Å². The largest absolute Gasteiger partial charge is 0.306 e. The molecule has 0 fully saturated rings. The highest BCUT2D eigenvalue weighted by Crippen LogP contribution is 2.59. The Morgan fingerprint density at radius 1 is 0.247 bits per heavy atom. The summed E-state index contributed by atoms with van der Waals surface area (Å²) in [7, 11) is 0. The van der Waals surface area contributed by atoms with E-state index in [0.29, 0.717) is 5.82 Å². The molecule has 0 bridgehead atoms. The van der Waals surface area contributed by atoms with E-state index in [9.17, 15) is 0 Å². The van der Waals surface area contributed by atoms with Crippen LogP contribution in [0, 0.1) is 0 Å². The Kier molecular flexibility index (Phi) is 9.33. The minimum atomic E-state index is 0.683. The molecule has 73 heavy (non-hydrogen) atoms. The second-order valence-corrected chi connectivity index (χ2v) is 19.4. The van der Waals surface area contributed by atoms with Gasteiger partial charge in [0.15, 0.2) is 5.82 Å². The molecule has 6 nitrogen and oxygen atoms in total. The summed E-state index contributed by atoms with van der Waals surface area (Å²) in [5, 5.41) is 10.3. The lowest BCUT2D eigenvalue weighted by molar-refractivity contribution is 1.18. The van der Waals surface area contributed by atoms with Gasteiger partial charge in [-0.3, -0.25) is 0 Å². The summed E-state index contributed by atoms with van der Waals surface area (Å²) in [5.74, 6) is 0.683. The zero-order valence-electron chi connectivity index (χ0n) is 39.3. The van der Waals surface area contributed by atoms with Gasteiger partial charge in [-0.05, 0) is 118 Å². The van der Waals surface area contributed by atoms with Crippen molar-refractivity contribution in [3.63, 3.8) is 0 Å². The van der Waals surface area contributed by atoms with E-state index in [-0.39, 0.29) is 0 Å². The molecule has 0 saturated heterocycles. The number of fused-ring (bicyclic) bond motifs is 8. The van der Waals surface area contributed by atoms with Gasteiger partial charge in [-0.1, -0.05) is 170 Å². The van der Waals surface area contributed by atoms with Crippen molar-refractivity contribution in [2.45, 2.75) is 0 Å². The fourth-order valence-corrected chi connectivity index (χ4v) is 12.0. The highest BCUT2D eigenvalue weighted by molar-refractivity contribution is 7.09. The van der Waals surface area contributed by atoms with Gasteiger partial charge in [-0.2, -0.15) is 4.37 Å². The zero-order valence-corrected chi connectivity index (χ0v) is 40.2. The summed E-state index contributed by atoms with van der Waals surface area (Å²) in [4.78, 5) is 15.1. The minimum absolute atomic E-state index is 0.683. The fraction of sp³-hybridized carbons (Fsp3) is 0. The third kappa shape index (κ3) is 6.49. The maximum atomic E-state index is 5.41. The first-order chi connectivity index (χ1) is 36.2. The predicted octanol–water partition coefficient (Wildman–Crippen LogP) is 19.0. The molecule has 342 valence electrons. The smallest absolute Gasteiger partial charge is 0.173 e. The van der Waals surface area contributed by atoms with E-state index in [1.54, 1.807) is 0 Å². The zero-order chi connectivity index (χ0) is 48.0. The molecule has 0 N–H and O–H groups in total. The monoisotopic (exact) mass is 950 g/mol. The standard InChI is InChI=1S/C66H42N6S/c1-5-25-49-43(17-1)21-13-33-53(49)69-57-29-9-11-31-59(57)71(55-35-15-23-45-19-3-7-27-51(45)55)63-41-47(37-39-61(63)69)65-67-66(73-68-65)48-38-40-62-64(42-48)72(56-36-16-24-46-20-4-8-28-52(46)56)60-32-12-10-30-58(60)70(62)54-34-14-22-44-18-2-6-26-50(44)54/h1-42H. The van der Waals surface area contributed by atoms with Gasteiger partial charge in [0.2, 0.25) is 0 Å². The molecule has 12 aromatic carbocycles. The van der Waals surface area contributed by atoms with Crippen molar-refractivity contribution in [1.82, 2.24) is 9.36 Å². The normalized spacial score (nSPS) is 12.8. The number of benzene rings is 12. The third-order valence-corrected chi connectivity index (χ3v) is 15.4. The van der Waals surface area contributed by atoms with Crippen molar-refractivity contribution in [2.24, 2.45) is 0 Å². The lowest BCUT2D eigenvalue weighted by Crippen LogP contribution is -2.24. The van der Waals surface area contributed by atoms with Crippen LogP contribution in [0.5, 0.6) is 0 Å². The number of aromatic nitrogens is 2. The van der Waals surface area contributed by atoms with Crippen LogP contribution < -0.4 is 19.6 Å². The van der Waals surface area contributed by atoms with Gasteiger partial charge in [0.1, 0.15) is 5.01 Å². The lowest BCUT2D eigenvalue weighted by Gasteiger charge is -2.41. The molecule has 0 unspecified atom stereocenters. The molecule has 0 aliphatic carbocycles. The van der Waals surface area contributed by atoms with Crippen LogP contribution in [0.25, 0.3) is 65.0 Å². The molecule has 7 heteroatoms. The van der Waals surface area contributed by atoms with Crippen LogP contribution in [-0.2, 0) is 0 Å². The van der Waals surface area contributed by atoms with E-state index in [1.165, 1.54) is 54.6 Å². The van der Waals surface area contributed by atoms with Gasteiger partial charge in [0.05, 0.1) is 68.2 Å². The van der Waals surface area contributed by atoms with E-state index < -0.39 is 0 Å². The Hall–Kier alpha value is -9.56. The number of hydrogen-bond acceptors (Lipinski definition) is 7. The molecule has 0 saturated carbocycles. The van der Waals surface area contributed by atoms with Crippen molar-refractivity contribution in [2.75, 3.05) is 19.6 Å². The van der Waals surface area contributed by atoms with Gasteiger partial charge in [-0.25, -0.2) is 4.98 Å². The van der Waals surface area contributed by atoms with Gasteiger partial charge in [0, 0.05) is 32.7 Å². The molecule has 2 aliphatic heterocycles. The first kappa shape index (κ1) is 41.2. The predicted molar refractivity (Wildman–Crippen MR) is 307 cm³/mol. The van der Waals surface area contributed by atoms with Crippen LogP contribution in [-0.4, -0.2) is 9.36 Å². The summed E-state index contributed by atoms with van der Waals surface area (Å²) >= 11 is 1.44. The molecule has 1 aromatic heterocycles. The molecule has 2 aliphatic rings. The molecular weight excluding hydrogens is 909 g/mol. The molecule has 15 rings (SSSR count). The summed E-state index contributed by atoms with van der Waals surface area (Å²) in [6.45, 7) is 0. The number of rotatable bonds is 6. The number of hydrogen-bond donors (Lipinski definition) is 0. The van der Waals surface area contributed by atoms with E-state index in [2.05, 4.69) is 274 Å². The summed E-state index contributed by atoms with van der Waals surface area (Å²) in [5.41, 5.74) is 15.1. The Labute approximate surface area is 426 Å². The van der Waals surface area contributed by atoms with Gasteiger partial charge >= 0.3 is 0 Å². The Bertz CT molecular complexity index is 4050. The van der Waals surface area contributed by atoms with Gasteiger partial charge < -0.3 is 19.6 Å². The quantitative estimate of drug-likeness (QED) is 0.165.